The number of imide groups is 1. The Balaban J connectivity index is 1.81. The number of hydrogen-bond acceptors (Lipinski definition) is 6. The maximum absolute atomic E-state index is 11.5. The minimum atomic E-state index is -0.353. The minimum Gasteiger partial charge on any atom is -0.379 e. The molecule has 0 saturated carbocycles. The van der Waals surface area contributed by atoms with Crippen molar-refractivity contribution in [1.82, 2.24) is 14.9 Å². The molecule has 0 aliphatic carbocycles. The monoisotopic (exact) mass is 260 g/mol. The molecule has 2 aromatic rings. The highest BCUT2D eigenvalue weighted by Crippen LogP contribution is 2.20. The number of nitrogens with one attached hydrogen (secondary N) is 2. The third-order valence-electron chi connectivity index (χ3n) is 2.61. The zero-order valence-electron chi connectivity index (χ0n) is 9.14. The van der Waals surface area contributed by atoms with Gasteiger partial charge >= 0.3 is 0 Å². The lowest BCUT2D eigenvalue weighted by molar-refractivity contribution is 0.0879. The van der Waals surface area contributed by atoms with Gasteiger partial charge in [0.2, 0.25) is 0 Å². The maximum Gasteiger partial charge on any atom is 0.259 e. The summed E-state index contributed by atoms with van der Waals surface area (Å²) in [6.45, 7) is 0.533. The molecule has 0 saturated heterocycles. The average molecular weight is 260 g/mol. The van der Waals surface area contributed by atoms with Gasteiger partial charge in [0.1, 0.15) is 0 Å². The molecule has 0 bridgehead atoms. The van der Waals surface area contributed by atoms with Crippen molar-refractivity contribution < 1.29 is 9.59 Å². The number of anilines is 1. The van der Waals surface area contributed by atoms with Crippen LogP contribution in [0.1, 0.15) is 26.4 Å². The molecule has 2 N–H and O–H groups in total. The largest absolute Gasteiger partial charge is 0.379 e. The molecule has 18 heavy (non-hydrogen) atoms. The lowest BCUT2D eigenvalue weighted by atomic mass is 10.1. The molecule has 7 heteroatoms. The number of benzene rings is 1. The number of amides is 2. The van der Waals surface area contributed by atoms with Crippen LogP contribution in [0.3, 0.4) is 0 Å². The summed E-state index contributed by atoms with van der Waals surface area (Å²) in [5.41, 5.74) is 2.43. The maximum atomic E-state index is 11.5. The van der Waals surface area contributed by atoms with Gasteiger partial charge in [-0.2, -0.15) is 0 Å². The number of rotatable bonds is 3. The van der Waals surface area contributed by atoms with Crippen molar-refractivity contribution in [2.24, 2.45) is 0 Å². The number of hydrogen-bond donors (Lipinski definition) is 2. The zero-order valence-corrected chi connectivity index (χ0v) is 9.95. The second-order valence-electron chi connectivity index (χ2n) is 3.79. The first-order chi connectivity index (χ1) is 8.74. The Morgan fingerprint density at radius 3 is 2.83 bits per heavy atom. The van der Waals surface area contributed by atoms with Crippen molar-refractivity contribution in [2.45, 2.75) is 6.54 Å². The summed E-state index contributed by atoms with van der Waals surface area (Å²) >= 11 is 1.29. The summed E-state index contributed by atoms with van der Waals surface area (Å²) < 4.78 is 3.76. The highest BCUT2D eigenvalue weighted by molar-refractivity contribution is 7.03. The number of fused-ring (bicyclic) bond motifs is 1. The van der Waals surface area contributed by atoms with Crippen LogP contribution in [0.4, 0.5) is 5.69 Å². The van der Waals surface area contributed by atoms with Crippen molar-refractivity contribution in [1.29, 1.82) is 0 Å². The second kappa shape index (κ2) is 4.19. The first-order valence-electron chi connectivity index (χ1n) is 5.23. The number of carbonyl (C=O) groups is 2. The Hall–Kier alpha value is -2.28. The summed E-state index contributed by atoms with van der Waals surface area (Å²) in [5.74, 6) is -0.695. The van der Waals surface area contributed by atoms with Crippen LogP contribution < -0.4 is 10.6 Å². The van der Waals surface area contributed by atoms with Crippen molar-refractivity contribution >= 4 is 29.0 Å². The van der Waals surface area contributed by atoms with Crippen LogP contribution in [-0.4, -0.2) is 21.4 Å². The molecular formula is C11H8N4O2S. The smallest absolute Gasteiger partial charge is 0.259 e. The lowest BCUT2D eigenvalue weighted by Crippen LogP contribution is -2.19. The van der Waals surface area contributed by atoms with Crippen LogP contribution in [-0.2, 0) is 6.54 Å². The van der Waals surface area contributed by atoms with Gasteiger partial charge < -0.3 is 5.32 Å². The van der Waals surface area contributed by atoms with Gasteiger partial charge in [-0.05, 0) is 29.7 Å². The van der Waals surface area contributed by atoms with Crippen LogP contribution in [0.5, 0.6) is 0 Å². The number of nitrogens with zero attached hydrogens (tertiary/aromatic N) is 2. The van der Waals surface area contributed by atoms with Gasteiger partial charge in [-0.15, -0.1) is 5.10 Å². The molecule has 0 unspecified atom stereocenters. The Bertz CT molecular complexity index is 624. The molecule has 1 aromatic carbocycles. The summed E-state index contributed by atoms with van der Waals surface area (Å²) in [6.07, 6.45) is 0. The van der Waals surface area contributed by atoms with Gasteiger partial charge in [0.25, 0.3) is 11.8 Å². The molecule has 1 aliphatic heterocycles. The van der Waals surface area contributed by atoms with Gasteiger partial charge in [0.05, 0.1) is 23.4 Å². The van der Waals surface area contributed by atoms with E-state index in [-0.39, 0.29) is 11.8 Å². The molecule has 0 fully saturated rings. The predicted octanol–water partition coefficient (Wildman–Crippen LogP) is 1.03. The SMILES string of the molecule is O=C1NC(=O)c2cc(NCc3csnn3)ccc21. The van der Waals surface area contributed by atoms with Gasteiger partial charge in [0.15, 0.2) is 0 Å². The average Bonchev–Trinajstić information content (AvgIpc) is 2.97. The Morgan fingerprint density at radius 1 is 1.22 bits per heavy atom. The van der Waals surface area contributed by atoms with E-state index in [1.165, 1.54) is 11.5 Å². The van der Waals surface area contributed by atoms with E-state index in [4.69, 9.17) is 0 Å². The molecule has 3 rings (SSSR count). The molecule has 2 heterocycles. The van der Waals surface area contributed by atoms with Crippen LogP contribution in [0.15, 0.2) is 23.6 Å². The van der Waals surface area contributed by atoms with Crippen molar-refractivity contribution in [3.05, 3.63) is 40.4 Å². The summed E-state index contributed by atoms with van der Waals surface area (Å²) in [7, 11) is 0. The zero-order chi connectivity index (χ0) is 12.5. The standard InChI is InChI=1S/C11H8N4O2S/c16-10-8-2-1-6(3-9(8)11(17)13-10)12-4-7-5-18-15-14-7/h1-3,5,12H,4H2,(H,13,16,17). The molecule has 6 nitrogen and oxygen atoms in total. The lowest BCUT2D eigenvalue weighted by Gasteiger charge is -2.04. The summed E-state index contributed by atoms with van der Waals surface area (Å²) in [4.78, 5) is 22.8. The first kappa shape index (κ1) is 10.8. The number of aromatic nitrogens is 2. The third kappa shape index (κ3) is 1.84. The van der Waals surface area contributed by atoms with E-state index in [9.17, 15) is 9.59 Å². The Kier molecular flexibility index (Phi) is 2.52. The molecule has 2 amide bonds. The predicted molar refractivity (Wildman–Crippen MR) is 65.5 cm³/mol. The highest BCUT2D eigenvalue weighted by Gasteiger charge is 2.26. The van der Waals surface area contributed by atoms with E-state index in [0.717, 1.165) is 11.4 Å². The van der Waals surface area contributed by atoms with E-state index in [2.05, 4.69) is 20.2 Å². The Labute approximate surface area is 106 Å². The topological polar surface area (TPSA) is 84.0 Å². The fraction of sp³-hybridized carbons (Fsp3) is 0.0909. The number of carbonyl (C=O) groups excluding carboxylic acids is 2. The molecule has 0 atom stereocenters. The van der Waals surface area contributed by atoms with E-state index < -0.39 is 0 Å². The van der Waals surface area contributed by atoms with Gasteiger partial charge in [-0.3, -0.25) is 14.9 Å². The summed E-state index contributed by atoms with van der Waals surface area (Å²) in [6, 6.07) is 5.06. The van der Waals surface area contributed by atoms with Crippen LogP contribution >= 0.6 is 11.5 Å². The van der Waals surface area contributed by atoms with Crippen LogP contribution in [0, 0.1) is 0 Å². The molecule has 1 aliphatic rings. The Morgan fingerprint density at radius 2 is 2.06 bits per heavy atom. The van der Waals surface area contributed by atoms with E-state index in [0.29, 0.717) is 17.7 Å². The quantitative estimate of drug-likeness (QED) is 0.805. The van der Waals surface area contributed by atoms with Crippen molar-refractivity contribution in [2.75, 3.05) is 5.32 Å². The first-order valence-corrected chi connectivity index (χ1v) is 6.07. The van der Waals surface area contributed by atoms with Crippen LogP contribution in [0.2, 0.25) is 0 Å². The molecule has 0 spiro atoms. The van der Waals surface area contributed by atoms with E-state index in [1.54, 1.807) is 18.2 Å². The molecular weight excluding hydrogens is 252 g/mol. The van der Waals surface area contributed by atoms with Crippen LogP contribution in [0.25, 0.3) is 0 Å². The highest BCUT2D eigenvalue weighted by atomic mass is 32.1. The minimum absolute atomic E-state index is 0.342. The van der Waals surface area contributed by atoms with Gasteiger partial charge in [-0.1, -0.05) is 4.49 Å². The summed E-state index contributed by atoms with van der Waals surface area (Å²) in [5, 5.41) is 11.1. The second-order valence-corrected chi connectivity index (χ2v) is 4.40. The van der Waals surface area contributed by atoms with Crippen molar-refractivity contribution in [3.8, 4) is 0 Å². The third-order valence-corrected chi connectivity index (χ3v) is 3.17. The fourth-order valence-electron chi connectivity index (χ4n) is 1.73. The van der Waals surface area contributed by atoms with E-state index in [1.807, 2.05) is 5.38 Å². The molecule has 1 aromatic heterocycles. The van der Waals surface area contributed by atoms with Gasteiger partial charge in [-0.25, -0.2) is 0 Å². The van der Waals surface area contributed by atoms with E-state index >= 15 is 0 Å². The molecule has 0 radical (unpaired) electrons. The normalized spacial score (nSPS) is 13.3. The van der Waals surface area contributed by atoms with Crippen molar-refractivity contribution in [3.63, 3.8) is 0 Å². The fourth-order valence-corrected chi connectivity index (χ4v) is 2.18. The molecule has 90 valence electrons. The van der Waals surface area contributed by atoms with Gasteiger partial charge in [0, 0.05) is 11.1 Å².